The molecule has 0 aromatic rings. The van der Waals surface area contributed by atoms with Crippen LogP contribution in [0.2, 0.25) is 0 Å². The topological polar surface area (TPSA) is 237 Å². The molecule has 19 heteroatoms. The van der Waals surface area contributed by atoms with Crippen LogP contribution >= 0.6 is 15.6 Å². The van der Waals surface area contributed by atoms with Crippen molar-refractivity contribution in [2.45, 2.75) is 433 Å². The van der Waals surface area contributed by atoms with E-state index in [0.717, 1.165) is 120 Å². The highest BCUT2D eigenvalue weighted by atomic mass is 31.2. The minimum Gasteiger partial charge on any atom is -0.462 e. The Hall–Kier alpha value is -1.94. The van der Waals surface area contributed by atoms with E-state index in [1.54, 1.807) is 0 Å². The lowest BCUT2D eigenvalue weighted by Gasteiger charge is -2.21. The summed E-state index contributed by atoms with van der Waals surface area (Å²) in [6.45, 7) is 14.3. The van der Waals surface area contributed by atoms with Crippen LogP contribution in [0, 0.1) is 23.7 Å². The minimum atomic E-state index is -4.96. The number of hydrogen-bond acceptors (Lipinski definition) is 15. The Labute approximate surface area is 613 Å². The molecule has 0 aliphatic rings. The van der Waals surface area contributed by atoms with Gasteiger partial charge in [0.15, 0.2) is 12.2 Å². The van der Waals surface area contributed by atoms with Crippen LogP contribution in [0.15, 0.2) is 0 Å². The number of hydrogen-bond donors (Lipinski definition) is 3. The summed E-state index contributed by atoms with van der Waals surface area (Å²) in [7, 11) is -9.92. The number of carbonyl (C=O) groups is 4. The molecule has 0 aromatic heterocycles. The lowest BCUT2D eigenvalue weighted by molar-refractivity contribution is -0.161. The first kappa shape index (κ1) is 98.1. The molecule has 0 saturated heterocycles. The number of aliphatic hydroxyl groups is 1. The van der Waals surface area contributed by atoms with Crippen LogP contribution in [-0.4, -0.2) is 96.7 Å². The molecular formula is C81H158O17P2. The van der Waals surface area contributed by atoms with E-state index in [-0.39, 0.29) is 25.7 Å². The second kappa shape index (κ2) is 70.1. The molecule has 0 radical (unpaired) electrons. The second-order valence-corrected chi connectivity index (χ2v) is 33.5. The fraction of sp³-hybridized carbons (Fsp3) is 0.951. The van der Waals surface area contributed by atoms with Crippen LogP contribution in [-0.2, 0) is 65.4 Å². The maximum atomic E-state index is 13.1. The maximum absolute atomic E-state index is 13.1. The van der Waals surface area contributed by atoms with Gasteiger partial charge in [0, 0.05) is 25.7 Å². The number of phosphoric ester groups is 2. The summed E-state index contributed by atoms with van der Waals surface area (Å²) in [5, 5.41) is 10.6. The third kappa shape index (κ3) is 71.7. The van der Waals surface area contributed by atoms with E-state index < -0.39 is 97.5 Å². The Morgan fingerprint density at radius 1 is 0.280 bits per heavy atom. The van der Waals surface area contributed by atoms with Gasteiger partial charge in [0.05, 0.1) is 26.4 Å². The molecule has 0 aliphatic carbocycles. The van der Waals surface area contributed by atoms with Crippen molar-refractivity contribution in [2.75, 3.05) is 39.6 Å². The molecule has 0 fully saturated rings. The lowest BCUT2D eigenvalue weighted by Crippen LogP contribution is -2.30. The van der Waals surface area contributed by atoms with Crippen molar-refractivity contribution in [1.29, 1.82) is 0 Å². The van der Waals surface area contributed by atoms with Crippen LogP contribution in [0.25, 0.3) is 0 Å². The molecule has 0 bridgehead atoms. The zero-order valence-electron chi connectivity index (χ0n) is 65.8. The summed E-state index contributed by atoms with van der Waals surface area (Å²) in [6.07, 6.45) is 57.0. The van der Waals surface area contributed by atoms with Crippen molar-refractivity contribution in [2.24, 2.45) is 23.7 Å². The molecule has 0 amide bonds. The summed E-state index contributed by atoms with van der Waals surface area (Å²) in [5.41, 5.74) is 0. The predicted octanol–water partition coefficient (Wildman–Crippen LogP) is 24.0. The van der Waals surface area contributed by atoms with Crippen molar-refractivity contribution in [1.82, 2.24) is 0 Å². The molecule has 17 nitrogen and oxygen atoms in total. The first-order valence-electron chi connectivity index (χ1n) is 41.8. The molecule has 594 valence electrons. The van der Waals surface area contributed by atoms with Gasteiger partial charge in [-0.1, -0.05) is 364 Å². The average Bonchev–Trinajstić information content (AvgIpc) is 1.22. The molecule has 0 saturated carbocycles. The highest BCUT2D eigenvalue weighted by Gasteiger charge is 2.30. The molecule has 0 aromatic carbocycles. The van der Waals surface area contributed by atoms with Gasteiger partial charge in [0.25, 0.3) is 0 Å². The number of rotatable bonds is 78. The number of esters is 4. The first-order valence-corrected chi connectivity index (χ1v) is 44.8. The zero-order chi connectivity index (χ0) is 73.8. The van der Waals surface area contributed by atoms with Crippen molar-refractivity contribution >= 4 is 39.5 Å². The minimum absolute atomic E-state index is 0.105. The van der Waals surface area contributed by atoms with Gasteiger partial charge >= 0.3 is 39.5 Å². The third-order valence-electron chi connectivity index (χ3n) is 19.5. The highest BCUT2D eigenvalue weighted by molar-refractivity contribution is 7.47. The summed E-state index contributed by atoms with van der Waals surface area (Å²) in [5.74, 6) is 1.02. The van der Waals surface area contributed by atoms with Gasteiger partial charge in [-0.25, -0.2) is 9.13 Å². The van der Waals surface area contributed by atoms with Crippen LogP contribution in [0.1, 0.15) is 415 Å². The predicted molar refractivity (Wildman–Crippen MR) is 409 cm³/mol. The summed E-state index contributed by atoms with van der Waals surface area (Å²) in [4.78, 5) is 73.0. The Morgan fingerprint density at radius 3 is 0.710 bits per heavy atom. The van der Waals surface area contributed by atoms with E-state index in [0.29, 0.717) is 25.7 Å². The standard InChI is InChI=1S/C81H158O17P2/c1-9-73(7)59-51-43-35-29-22-17-15-13-11-12-14-16-18-23-30-36-45-53-61-78(83)91-67-76(97-80(85)63-55-47-37-31-24-20-19-21-27-33-41-49-57-71(3)4)69-95-99(87,88)93-65-75(82)66-94-100(89,90)96-70-77(68-92-79(84)62-54-46-40-39-44-52-60-74(8)10-2)98-81(86)64-56-48-38-32-26-25-28-34-42-50-58-72(5)6/h71-77,82H,9-70H2,1-8H3,(H,87,88)(H,89,90)/t73?,74?,75-,76-,77-/m1/s1. The summed E-state index contributed by atoms with van der Waals surface area (Å²) < 4.78 is 68.7. The molecule has 0 spiro atoms. The smallest absolute Gasteiger partial charge is 0.462 e. The Morgan fingerprint density at radius 2 is 0.480 bits per heavy atom. The Bertz CT molecular complexity index is 1960. The van der Waals surface area contributed by atoms with Crippen LogP contribution in [0.3, 0.4) is 0 Å². The number of unbranched alkanes of at least 4 members (excludes halogenated alkanes) is 42. The van der Waals surface area contributed by atoms with Crippen LogP contribution in [0.5, 0.6) is 0 Å². The summed E-state index contributed by atoms with van der Waals surface area (Å²) in [6, 6.07) is 0. The SMILES string of the molecule is CCC(C)CCCCCCCCCCCCCCCCCCCCC(=O)OC[C@H](COP(=O)(O)OC[C@@H](O)COP(=O)(O)OC[C@@H](COC(=O)CCCCCCCCC(C)CC)OC(=O)CCCCCCCCCCCCC(C)C)OC(=O)CCCCCCCCCCCCCCC(C)C. The maximum Gasteiger partial charge on any atom is 0.472 e. The molecule has 0 aliphatic heterocycles. The van der Waals surface area contributed by atoms with E-state index in [4.69, 9.17) is 37.0 Å². The van der Waals surface area contributed by atoms with Crippen molar-refractivity contribution in [3.8, 4) is 0 Å². The number of phosphoric acid groups is 2. The Balaban J connectivity index is 5.20. The van der Waals surface area contributed by atoms with Crippen molar-refractivity contribution in [3.63, 3.8) is 0 Å². The molecule has 3 N–H and O–H groups in total. The first-order chi connectivity index (χ1) is 48.2. The van der Waals surface area contributed by atoms with E-state index >= 15 is 0 Å². The quantitative estimate of drug-likeness (QED) is 0.0222. The normalized spacial score (nSPS) is 14.6. The molecule has 4 unspecified atom stereocenters. The van der Waals surface area contributed by atoms with Gasteiger partial charge in [-0.2, -0.15) is 0 Å². The molecule has 100 heavy (non-hydrogen) atoms. The number of ether oxygens (including phenoxy) is 4. The molecule has 0 rings (SSSR count). The van der Waals surface area contributed by atoms with E-state index in [2.05, 4.69) is 55.4 Å². The largest absolute Gasteiger partial charge is 0.472 e. The van der Waals surface area contributed by atoms with Crippen LogP contribution < -0.4 is 0 Å². The Kier molecular flexibility index (Phi) is 68.7. The van der Waals surface area contributed by atoms with E-state index in [1.165, 1.54) is 212 Å². The van der Waals surface area contributed by atoms with Gasteiger partial charge in [0.1, 0.15) is 19.3 Å². The van der Waals surface area contributed by atoms with E-state index in [9.17, 15) is 43.2 Å². The second-order valence-electron chi connectivity index (χ2n) is 30.6. The van der Waals surface area contributed by atoms with Gasteiger partial charge in [-0.15, -0.1) is 0 Å². The molecule has 0 heterocycles. The van der Waals surface area contributed by atoms with Gasteiger partial charge in [-0.05, 0) is 49.4 Å². The fourth-order valence-electron chi connectivity index (χ4n) is 12.4. The van der Waals surface area contributed by atoms with E-state index in [1.807, 2.05) is 0 Å². The lowest BCUT2D eigenvalue weighted by atomic mass is 9.99. The monoisotopic (exact) mass is 1470 g/mol. The van der Waals surface area contributed by atoms with Gasteiger partial charge in [0.2, 0.25) is 0 Å². The number of aliphatic hydroxyl groups excluding tert-OH is 1. The highest BCUT2D eigenvalue weighted by Crippen LogP contribution is 2.45. The zero-order valence-corrected chi connectivity index (χ0v) is 67.6. The van der Waals surface area contributed by atoms with Gasteiger partial charge in [-0.3, -0.25) is 37.3 Å². The number of carbonyl (C=O) groups excluding carboxylic acids is 4. The van der Waals surface area contributed by atoms with Gasteiger partial charge < -0.3 is 33.8 Å². The van der Waals surface area contributed by atoms with Crippen LogP contribution in [0.4, 0.5) is 0 Å². The third-order valence-corrected chi connectivity index (χ3v) is 21.4. The average molecular weight is 1470 g/mol. The molecular weight excluding hydrogens is 1310 g/mol. The fourth-order valence-corrected chi connectivity index (χ4v) is 13.9. The van der Waals surface area contributed by atoms with Crippen molar-refractivity contribution in [3.05, 3.63) is 0 Å². The van der Waals surface area contributed by atoms with Crippen molar-refractivity contribution < 1.29 is 80.2 Å². The summed E-state index contributed by atoms with van der Waals surface area (Å²) >= 11 is 0. The molecule has 7 atom stereocenters.